The first-order chi connectivity index (χ1) is 16.1. The number of allylic oxidation sites excluding steroid dienone is 1. The summed E-state index contributed by atoms with van der Waals surface area (Å²) in [6.07, 6.45) is 1.76. The van der Waals surface area contributed by atoms with Gasteiger partial charge in [0.25, 0.3) is 0 Å². The van der Waals surface area contributed by atoms with Gasteiger partial charge in [-0.2, -0.15) is 0 Å². The Morgan fingerprint density at radius 1 is 1.03 bits per heavy atom. The molecule has 0 spiro atoms. The molecule has 6 heteroatoms. The molecule has 3 aromatic rings. The van der Waals surface area contributed by atoms with Gasteiger partial charge in [-0.1, -0.05) is 12.1 Å². The van der Waals surface area contributed by atoms with E-state index in [-0.39, 0.29) is 5.78 Å². The van der Waals surface area contributed by atoms with Crippen molar-refractivity contribution in [2.45, 2.75) is 20.4 Å². The van der Waals surface area contributed by atoms with E-state index in [2.05, 4.69) is 4.90 Å². The summed E-state index contributed by atoms with van der Waals surface area (Å²) in [4.78, 5) is 15.2. The van der Waals surface area contributed by atoms with Crippen molar-refractivity contribution in [1.29, 1.82) is 0 Å². The molecule has 0 amide bonds. The largest absolute Gasteiger partial charge is 0.497 e. The average molecular weight is 443 g/mol. The van der Waals surface area contributed by atoms with Crippen LogP contribution in [0, 0.1) is 6.92 Å². The van der Waals surface area contributed by atoms with Crippen LogP contribution < -0.4 is 23.8 Å². The maximum Gasteiger partial charge on any atom is 0.231 e. The van der Waals surface area contributed by atoms with Crippen LogP contribution in [0.4, 0.5) is 5.69 Å². The molecule has 168 valence electrons. The minimum absolute atomic E-state index is 0.120. The lowest BCUT2D eigenvalue weighted by molar-refractivity contribution is 0.101. The number of methoxy groups -OCH3 is 1. The van der Waals surface area contributed by atoms with Gasteiger partial charge < -0.3 is 23.8 Å². The summed E-state index contributed by atoms with van der Waals surface area (Å²) in [6.45, 7) is 5.60. The highest BCUT2D eigenvalue weighted by molar-refractivity contribution is 6.15. The fourth-order valence-electron chi connectivity index (χ4n) is 4.18. The van der Waals surface area contributed by atoms with E-state index in [0.717, 1.165) is 39.6 Å². The van der Waals surface area contributed by atoms with Crippen molar-refractivity contribution < 1.29 is 23.7 Å². The number of nitrogens with zero attached hydrogens (tertiary/aromatic N) is 1. The molecule has 2 heterocycles. The van der Waals surface area contributed by atoms with Crippen molar-refractivity contribution in [3.63, 3.8) is 0 Å². The summed E-state index contributed by atoms with van der Waals surface area (Å²) in [5, 5.41) is 0. The smallest absolute Gasteiger partial charge is 0.231 e. The average Bonchev–Trinajstić information content (AvgIpc) is 3.15. The Kier molecular flexibility index (Phi) is 5.42. The fraction of sp³-hybridized carbons (Fsp3) is 0.222. The van der Waals surface area contributed by atoms with Crippen LogP contribution in [0.15, 0.2) is 60.4 Å². The number of hydrogen-bond acceptors (Lipinski definition) is 6. The molecule has 2 aliphatic rings. The minimum Gasteiger partial charge on any atom is -0.497 e. The van der Waals surface area contributed by atoms with E-state index in [1.807, 2.05) is 68.4 Å². The molecule has 0 N–H and O–H groups in total. The van der Waals surface area contributed by atoms with Crippen LogP contribution in [0.3, 0.4) is 0 Å². The predicted octanol–water partition coefficient (Wildman–Crippen LogP) is 5.38. The fourth-order valence-corrected chi connectivity index (χ4v) is 4.18. The third-order valence-corrected chi connectivity index (χ3v) is 5.87. The van der Waals surface area contributed by atoms with Gasteiger partial charge in [0.2, 0.25) is 5.78 Å². The van der Waals surface area contributed by atoms with Crippen molar-refractivity contribution in [3.05, 3.63) is 82.6 Å². The van der Waals surface area contributed by atoms with Crippen LogP contribution in [0.5, 0.6) is 23.0 Å². The number of rotatable bonds is 5. The molecule has 0 fully saturated rings. The third kappa shape index (κ3) is 3.89. The molecule has 0 aromatic heterocycles. The molecule has 0 bridgehead atoms. The zero-order chi connectivity index (χ0) is 22.9. The van der Waals surface area contributed by atoms with Crippen LogP contribution >= 0.6 is 0 Å². The molecule has 6 nitrogen and oxygen atoms in total. The van der Waals surface area contributed by atoms with Crippen molar-refractivity contribution in [3.8, 4) is 23.0 Å². The lowest BCUT2D eigenvalue weighted by atomic mass is 10.00. The first kappa shape index (κ1) is 20.9. The van der Waals surface area contributed by atoms with Crippen molar-refractivity contribution in [1.82, 2.24) is 0 Å². The minimum atomic E-state index is -0.120. The van der Waals surface area contributed by atoms with E-state index in [4.69, 9.17) is 18.9 Å². The summed E-state index contributed by atoms with van der Waals surface area (Å²) in [5.74, 6) is 3.15. The van der Waals surface area contributed by atoms with E-state index in [9.17, 15) is 4.79 Å². The summed E-state index contributed by atoms with van der Waals surface area (Å²) in [6, 6.07) is 17.3. The number of anilines is 1. The number of ether oxygens (including phenoxy) is 4. The Morgan fingerprint density at radius 3 is 2.45 bits per heavy atom. The van der Waals surface area contributed by atoms with E-state index in [0.29, 0.717) is 37.0 Å². The van der Waals surface area contributed by atoms with E-state index >= 15 is 0 Å². The van der Waals surface area contributed by atoms with Gasteiger partial charge in [0.05, 0.1) is 19.3 Å². The number of carbonyl (C=O) groups is 1. The maximum absolute atomic E-state index is 13.1. The molecule has 0 radical (unpaired) electrons. The maximum atomic E-state index is 13.1. The molecule has 0 saturated heterocycles. The van der Waals surface area contributed by atoms with Gasteiger partial charge in [0, 0.05) is 23.4 Å². The summed E-state index contributed by atoms with van der Waals surface area (Å²) in [7, 11) is 1.62. The molecular formula is C27H25NO5. The molecule has 0 saturated carbocycles. The molecule has 0 aliphatic carbocycles. The predicted molar refractivity (Wildman–Crippen MR) is 126 cm³/mol. The van der Waals surface area contributed by atoms with Gasteiger partial charge in [-0.25, -0.2) is 0 Å². The molecule has 2 aliphatic heterocycles. The second kappa shape index (κ2) is 8.54. The van der Waals surface area contributed by atoms with E-state index < -0.39 is 0 Å². The summed E-state index contributed by atoms with van der Waals surface area (Å²) >= 11 is 0. The topological polar surface area (TPSA) is 57.2 Å². The van der Waals surface area contributed by atoms with Gasteiger partial charge in [0.1, 0.15) is 23.0 Å². The van der Waals surface area contributed by atoms with Crippen LogP contribution in [0.1, 0.15) is 34.0 Å². The Balaban J connectivity index is 1.41. The van der Waals surface area contributed by atoms with E-state index in [1.54, 1.807) is 13.2 Å². The summed E-state index contributed by atoms with van der Waals surface area (Å²) in [5.41, 5.74) is 4.29. The lowest BCUT2D eigenvalue weighted by Gasteiger charge is -2.32. The molecule has 0 unspecified atom stereocenters. The monoisotopic (exact) mass is 443 g/mol. The SMILES string of the molecule is CCOc1ccc(N2COc3c(cc4c(c3C)OC(=Cc3ccc(OC)cc3)C4=O)C2)cc1. The second-order valence-electron chi connectivity index (χ2n) is 7.98. The van der Waals surface area contributed by atoms with Gasteiger partial charge in [-0.15, -0.1) is 0 Å². The number of hydrogen-bond donors (Lipinski definition) is 0. The number of benzene rings is 3. The molecule has 5 rings (SSSR count). The van der Waals surface area contributed by atoms with Crippen LogP contribution in [-0.4, -0.2) is 26.2 Å². The molecule has 33 heavy (non-hydrogen) atoms. The van der Waals surface area contributed by atoms with Crippen LogP contribution in [0.25, 0.3) is 6.08 Å². The third-order valence-electron chi connectivity index (χ3n) is 5.87. The van der Waals surface area contributed by atoms with Crippen LogP contribution in [-0.2, 0) is 6.54 Å². The molecule has 0 atom stereocenters. The highest BCUT2D eigenvalue weighted by atomic mass is 16.5. The normalized spacial score (nSPS) is 15.5. The lowest BCUT2D eigenvalue weighted by Crippen LogP contribution is -2.32. The quantitative estimate of drug-likeness (QED) is 0.494. The van der Waals surface area contributed by atoms with Crippen molar-refractivity contribution in [2.24, 2.45) is 0 Å². The van der Waals surface area contributed by atoms with Crippen LogP contribution in [0.2, 0.25) is 0 Å². The van der Waals surface area contributed by atoms with Gasteiger partial charge in [0.15, 0.2) is 12.5 Å². The Morgan fingerprint density at radius 2 is 1.76 bits per heavy atom. The second-order valence-corrected chi connectivity index (χ2v) is 7.98. The van der Waals surface area contributed by atoms with E-state index in [1.165, 1.54) is 0 Å². The Hall–Kier alpha value is -3.93. The number of Topliss-reactive ketones (excluding diaryl/α,β-unsaturated/α-hetero) is 1. The van der Waals surface area contributed by atoms with Gasteiger partial charge in [-0.3, -0.25) is 4.79 Å². The number of carbonyl (C=O) groups excluding carboxylic acids is 1. The van der Waals surface area contributed by atoms with Gasteiger partial charge >= 0.3 is 0 Å². The first-order valence-corrected chi connectivity index (χ1v) is 10.9. The van der Waals surface area contributed by atoms with Gasteiger partial charge in [-0.05, 0) is 68.0 Å². The zero-order valence-corrected chi connectivity index (χ0v) is 18.9. The Labute approximate surface area is 193 Å². The van der Waals surface area contributed by atoms with Crippen molar-refractivity contribution >= 4 is 17.5 Å². The summed E-state index contributed by atoms with van der Waals surface area (Å²) < 4.78 is 22.8. The Bertz CT molecular complexity index is 1230. The highest BCUT2D eigenvalue weighted by Gasteiger charge is 2.33. The number of fused-ring (bicyclic) bond motifs is 2. The highest BCUT2D eigenvalue weighted by Crippen LogP contribution is 2.43. The molecular weight excluding hydrogens is 418 g/mol. The zero-order valence-electron chi connectivity index (χ0n) is 18.9. The van der Waals surface area contributed by atoms with Crippen molar-refractivity contribution in [2.75, 3.05) is 25.3 Å². The standard InChI is InChI=1S/C27H25NO5/c1-4-31-22-11-7-20(8-12-22)28-15-19-14-23-25(29)24(13-18-5-9-21(30-3)10-6-18)33-27(23)17(2)26(19)32-16-28/h5-14H,4,15-16H2,1-3H3. The number of ketones is 1. The first-order valence-electron chi connectivity index (χ1n) is 10.9. The molecule has 3 aromatic carbocycles.